The van der Waals surface area contributed by atoms with E-state index in [-0.39, 0.29) is 24.9 Å². The van der Waals surface area contributed by atoms with Crippen LogP contribution in [0.15, 0.2) is 12.2 Å². The average Bonchev–Trinajstić information content (AvgIpc) is 2.69. The minimum Gasteiger partial charge on any atom is -0.480 e. The monoisotopic (exact) mass is 221 g/mol. The molecule has 1 unspecified atom stereocenters. The van der Waals surface area contributed by atoms with Crippen LogP contribution in [0.5, 0.6) is 0 Å². The summed E-state index contributed by atoms with van der Waals surface area (Å²) >= 11 is 0. The zero-order valence-corrected chi connectivity index (χ0v) is 9.06. The molecule has 0 aromatic carbocycles. The summed E-state index contributed by atoms with van der Waals surface area (Å²) in [4.78, 5) is 23.5. The minimum atomic E-state index is -1.04. The Balaban J connectivity index is 2.49. The second-order valence-electron chi connectivity index (χ2n) is 3.82. The van der Waals surface area contributed by atoms with Crippen LogP contribution in [0.3, 0.4) is 0 Å². The molecule has 1 atom stereocenters. The largest absolute Gasteiger partial charge is 0.480 e. The number of terminal acetylenes is 1. The highest BCUT2D eigenvalue weighted by Crippen LogP contribution is 2.21. The van der Waals surface area contributed by atoms with E-state index < -0.39 is 5.97 Å². The Bertz CT molecular complexity index is 341. The van der Waals surface area contributed by atoms with Crippen LogP contribution in [0, 0.1) is 18.3 Å². The number of carboxylic acid groups (broad SMARTS) is 1. The summed E-state index contributed by atoms with van der Waals surface area (Å²) in [5.74, 6) is 1.32. The molecule has 1 aliphatic rings. The zero-order valence-electron chi connectivity index (χ0n) is 9.06. The normalized spacial score (nSPS) is 18.1. The molecule has 4 nitrogen and oxygen atoms in total. The van der Waals surface area contributed by atoms with Crippen molar-refractivity contribution in [3.8, 4) is 12.3 Å². The van der Waals surface area contributed by atoms with Gasteiger partial charge in [0, 0.05) is 6.42 Å². The summed E-state index contributed by atoms with van der Waals surface area (Å²) in [6, 6.07) is 0. The second kappa shape index (κ2) is 5.96. The van der Waals surface area contributed by atoms with Crippen LogP contribution in [0.1, 0.15) is 19.3 Å². The zero-order chi connectivity index (χ0) is 12.0. The summed E-state index contributed by atoms with van der Waals surface area (Å²) in [6.45, 7) is -0.263. The standard InChI is InChI=1S/C12H15NO3/c1-2-7-13(9-12(15)16)11(14)8-10-5-3-4-6-10/h1,3,5,10H,4,6-9H2,(H,15,16). The van der Waals surface area contributed by atoms with Crippen molar-refractivity contribution in [1.82, 2.24) is 4.90 Å². The number of amides is 1. The van der Waals surface area contributed by atoms with Gasteiger partial charge in [0.05, 0.1) is 6.54 Å². The number of allylic oxidation sites excluding steroid dienone is 2. The average molecular weight is 221 g/mol. The number of rotatable bonds is 5. The second-order valence-corrected chi connectivity index (χ2v) is 3.82. The van der Waals surface area contributed by atoms with Crippen molar-refractivity contribution >= 4 is 11.9 Å². The molecule has 0 saturated heterocycles. The molecule has 0 fully saturated rings. The van der Waals surface area contributed by atoms with Gasteiger partial charge in [0.2, 0.25) is 5.91 Å². The SMILES string of the molecule is C#CCN(CC(=O)O)C(=O)CC1C=CCC1. The first kappa shape index (κ1) is 12.3. The summed E-state index contributed by atoms with van der Waals surface area (Å²) in [7, 11) is 0. The van der Waals surface area contributed by atoms with Crippen LogP contribution in [0.4, 0.5) is 0 Å². The molecule has 0 saturated carbocycles. The Hall–Kier alpha value is -1.76. The number of carboxylic acids is 1. The molecule has 0 radical (unpaired) electrons. The van der Waals surface area contributed by atoms with Crippen LogP contribution in [0.25, 0.3) is 0 Å². The van der Waals surface area contributed by atoms with Gasteiger partial charge < -0.3 is 10.0 Å². The number of carbonyl (C=O) groups excluding carboxylic acids is 1. The van der Waals surface area contributed by atoms with E-state index in [1.807, 2.05) is 12.2 Å². The van der Waals surface area contributed by atoms with Gasteiger partial charge in [-0.15, -0.1) is 6.42 Å². The summed E-state index contributed by atoms with van der Waals surface area (Å²) in [6.07, 6.45) is 11.5. The molecule has 0 spiro atoms. The predicted octanol–water partition coefficient (Wildman–Crippen LogP) is 0.889. The molecule has 86 valence electrons. The smallest absolute Gasteiger partial charge is 0.323 e. The Morgan fingerprint density at radius 3 is 2.81 bits per heavy atom. The van der Waals surface area contributed by atoms with E-state index in [1.54, 1.807) is 0 Å². The highest BCUT2D eigenvalue weighted by Gasteiger charge is 2.20. The lowest BCUT2D eigenvalue weighted by atomic mass is 10.0. The molecular formula is C12H15NO3. The molecule has 4 heteroatoms. The highest BCUT2D eigenvalue weighted by molar-refractivity contribution is 5.81. The third kappa shape index (κ3) is 3.77. The molecule has 0 aliphatic heterocycles. The molecule has 1 rings (SSSR count). The first-order valence-corrected chi connectivity index (χ1v) is 5.23. The predicted molar refractivity (Wildman–Crippen MR) is 59.5 cm³/mol. The molecule has 1 aliphatic carbocycles. The van der Waals surface area contributed by atoms with Gasteiger partial charge in [-0.25, -0.2) is 0 Å². The van der Waals surface area contributed by atoms with Crippen molar-refractivity contribution in [3.63, 3.8) is 0 Å². The molecule has 0 aromatic rings. The van der Waals surface area contributed by atoms with Gasteiger partial charge in [0.15, 0.2) is 0 Å². The summed E-state index contributed by atoms with van der Waals surface area (Å²) < 4.78 is 0. The van der Waals surface area contributed by atoms with Gasteiger partial charge in [0.1, 0.15) is 6.54 Å². The van der Waals surface area contributed by atoms with E-state index in [2.05, 4.69) is 5.92 Å². The van der Waals surface area contributed by atoms with Crippen LogP contribution in [-0.2, 0) is 9.59 Å². The van der Waals surface area contributed by atoms with Gasteiger partial charge in [0.25, 0.3) is 0 Å². The number of aliphatic carboxylic acids is 1. The maximum absolute atomic E-state index is 11.8. The third-order valence-electron chi connectivity index (χ3n) is 2.51. The van der Waals surface area contributed by atoms with Crippen molar-refractivity contribution in [2.24, 2.45) is 5.92 Å². The van der Waals surface area contributed by atoms with Gasteiger partial charge in [-0.05, 0) is 18.8 Å². The lowest BCUT2D eigenvalue weighted by Crippen LogP contribution is -2.36. The lowest BCUT2D eigenvalue weighted by Gasteiger charge is -2.19. The molecule has 0 heterocycles. The quantitative estimate of drug-likeness (QED) is 0.554. The molecule has 1 amide bonds. The van der Waals surface area contributed by atoms with Crippen molar-refractivity contribution in [3.05, 3.63) is 12.2 Å². The topological polar surface area (TPSA) is 57.6 Å². The van der Waals surface area contributed by atoms with E-state index in [0.717, 1.165) is 12.8 Å². The molecule has 0 bridgehead atoms. The molecule has 16 heavy (non-hydrogen) atoms. The van der Waals surface area contributed by atoms with Crippen LogP contribution in [0.2, 0.25) is 0 Å². The maximum atomic E-state index is 11.8. The third-order valence-corrected chi connectivity index (χ3v) is 2.51. The van der Waals surface area contributed by atoms with E-state index in [0.29, 0.717) is 6.42 Å². The highest BCUT2D eigenvalue weighted by atomic mass is 16.4. The van der Waals surface area contributed by atoms with E-state index in [9.17, 15) is 9.59 Å². The van der Waals surface area contributed by atoms with Crippen molar-refractivity contribution < 1.29 is 14.7 Å². The van der Waals surface area contributed by atoms with E-state index >= 15 is 0 Å². The first-order valence-electron chi connectivity index (χ1n) is 5.23. The van der Waals surface area contributed by atoms with Gasteiger partial charge in [-0.2, -0.15) is 0 Å². The van der Waals surface area contributed by atoms with Crippen LogP contribution >= 0.6 is 0 Å². The Kier molecular flexibility index (Phi) is 4.59. The lowest BCUT2D eigenvalue weighted by molar-refractivity contribution is -0.144. The fourth-order valence-corrected chi connectivity index (χ4v) is 1.72. The Labute approximate surface area is 94.9 Å². The Morgan fingerprint density at radius 1 is 1.56 bits per heavy atom. The van der Waals surface area contributed by atoms with Gasteiger partial charge >= 0.3 is 5.97 Å². The fourth-order valence-electron chi connectivity index (χ4n) is 1.72. The number of hydrogen-bond donors (Lipinski definition) is 1. The molecule has 1 N–H and O–H groups in total. The van der Waals surface area contributed by atoms with Crippen LogP contribution in [-0.4, -0.2) is 35.0 Å². The molecular weight excluding hydrogens is 206 g/mol. The Morgan fingerprint density at radius 2 is 2.31 bits per heavy atom. The fraction of sp³-hybridized carbons (Fsp3) is 0.500. The van der Waals surface area contributed by atoms with Crippen molar-refractivity contribution in [2.45, 2.75) is 19.3 Å². The number of nitrogens with zero attached hydrogens (tertiary/aromatic N) is 1. The first-order chi connectivity index (χ1) is 7.63. The maximum Gasteiger partial charge on any atom is 0.323 e. The molecule has 0 aromatic heterocycles. The van der Waals surface area contributed by atoms with Crippen molar-refractivity contribution in [1.29, 1.82) is 0 Å². The van der Waals surface area contributed by atoms with Gasteiger partial charge in [-0.1, -0.05) is 18.1 Å². The number of hydrogen-bond acceptors (Lipinski definition) is 2. The summed E-state index contributed by atoms with van der Waals surface area (Å²) in [5, 5.41) is 8.64. The van der Waals surface area contributed by atoms with Gasteiger partial charge in [-0.3, -0.25) is 9.59 Å². The van der Waals surface area contributed by atoms with Crippen LogP contribution < -0.4 is 0 Å². The van der Waals surface area contributed by atoms with E-state index in [4.69, 9.17) is 11.5 Å². The minimum absolute atomic E-state index is 0.0571. The van der Waals surface area contributed by atoms with E-state index in [1.165, 1.54) is 4.90 Å². The number of carbonyl (C=O) groups is 2. The summed E-state index contributed by atoms with van der Waals surface area (Å²) in [5.41, 5.74) is 0. The van der Waals surface area contributed by atoms with Crippen molar-refractivity contribution in [2.75, 3.05) is 13.1 Å².